The zero-order chi connectivity index (χ0) is 25.3. The third kappa shape index (κ3) is 5.20. The third-order valence-electron chi connectivity index (χ3n) is 5.63. The molecule has 9 nitrogen and oxygen atoms in total. The number of aliphatic hydroxyl groups is 2. The van der Waals surface area contributed by atoms with Crippen molar-refractivity contribution >= 4 is 22.8 Å². The van der Waals surface area contributed by atoms with E-state index in [4.69, 9.17) is 4.74 Å². The molecule has 2 N–H and O–H groups in total. The quantitative estimate of drug-likeness (QED) is 0.562. The van der Waals surface area contributed by atoms with E-state index >= 15 is 0 Å². The van der Waals surface area contributed by atoms with E-state index in [0.29, 0.717) is 29.7 Å². The highest BCUT2D eigenvalue weighted by Crippen LogP contribution is 2.36. The second-order valence-corrected chi connectivity index (χ2v) is 9.83. The van der Waals surface area contributed by atoms with E-state index in [1.165, 1.54) is 12.1 Å². The lowest BCUT2D eigenvalue weighted by Crippen LogP contribution is -2.59. The molecule has 4 rings (SSSR count). The van der Waals surface area contributed by atoms with E-state index in [0.717, 1.165) is 17.4 Å². The number of hydrogen-bond donors (Lipinski definition) is 2. The first-order chi connectivity index (χ1) is 16.7. The number of fused-ring (bicyclic) bond motifs is 1. The molecule has 0 saturated carbocycles. The summed E-state index contributed by atoms with van der Waals surface area (Å²) in [6, 6.07) is 3.33. The highest BCUT2D eigenvalue weighted by atomic mass is 32.1. The number of carbonyl (C=O) groups is 1. The lowest BCUT2D eigenvalue weighted by Gasteiger charge is -2.46. The topological polar surface area (TPSA) is 102 Å². The Morgan fingerprint density at radius 3 is 2.74 bits per heavy atom. The van der Waals surface area contributed by atoms with Gasteiger partial charge in [-0.05, 0) is 17.5 Å². The predicted octanol–water partition coefficient (Wildman–Crippen LogP) is 2.51. The smallest absolute Gasteiger partial charge is 0.276 e. The molecule has 1 fully saturated rings. The van der Waals surface area contributed by atoms with Crippen LogP contribution in [-0.2, 0) is 16.0 Å². The van der Waals surface area contributed by atoms with Gasteiger partial charge in [-0.2, -0.15) is 5.01 Å². The van der Waals surface area contributed by atoms with E-state index in [1.807, 2.05) is 18.9 Å². The molecule has 1 aromatic carbocycles. The molecule has 1 saturated heterocycles. The summed E-state index contributed by atoms with van der Waals surface area (Å²) in [6.07, 6.45) is 0.184. The number of rotatable bonds is 8. The van der Waals surface area contributed by atoms with Crippen molar-refractivity contribution in [1.82, 2.24) is 25.1 Å². The number of hydrogen-bond acceptors (Lipinski definition) is 9. The average Bonchev–Trinajstić information content (AvgIpc) is 3.26. The minimum absolute atomic E-state index is 0.0256. The molecule has 2 aliphatic heterocycles. The monoisotopic (exact) mass is 507 g/mol. The van der Waals surface area contributed by atoms with Gasteiger partial charge in [0.1, 0.15) is 27.8 Å². The normalized spacial score (nSPS) is 19.0. The number of halogens is 2. The van der Waals surface area contributed by atoms with Crippen LogP contribution in [0.15, 0.2) is 35.9 Å². The Kier molecular flexibility index (Phi) is 7.45. The van der Waals surface area contributed by atoms with Gasteiger partial charge in [0.2, 0.25) is 0 Å². The maximum Gasteiger partial charge on any atom is 0.276 e. The summed E-state index contributed by atoms with van der Waals surface area (Å²) >= 11 is 1.12. The molecular formula is C23H27F2N5O4S. The van der Waals surface area contributed by atoms with Crippen molar-refractivity contribution < 1.29 is 28.5 Å². The second kappa shape index (κ2) is 10.4. The SMILES string of the molecule is COCCN1CN(CC(C)C)N2C=C(c3nnc(Cc4ccc(F)cc4F)s3)C(O)C(O)=C2C1=O. The largest absolute Gasteiger partial charge is 0.507 e. The van der Waals surface area contributed by atoms with Gasteiger partial charge in [0.05, 0.1) is 13.3 Å². The van der Waals surface area contributed by atoms with Crippen molar-refractivity contribution in [3.8, 4) is 0 Å². The van der Waals surface area contributed by atoms with E-state index < -0.39 is 29.4 Å². The number of nitrogens with zero attached hydrogens (tertiary/aromatic N) is 5. The van der Waals surface area contributed by atoms with E-state index in [9.17, 15) is 23.8 Å². The Morgan fingerprint density at radius 2 is 2.06 bits per heavy atom. The predicted molar refractivity (Wildman–Crippen MR) is 125 cm³/mol. The summed E-state index contributed by atoms with van der Waals surface area (Å²) in [5.74, 6) is -2.00. The Bertz CT molecular complexity index is 1170. The summed E-state index contributed by atoms with van der Waals surface area (Å²) in [6.45, 7) is 5.60. The molecule has 1 unspecified atom stereocenters. The molecule has 2 aromatic rings. The molecule has 0 bridgehead atoms. The van der Waals surface area contributed by atoms with Gasteiger partial charge in [-0.1, -0.05) is 31.3 Å². The van der Waals surface area contributed by atoms with Crippen LogP contribution in [0.25, 0.3) is 5.57 Å². The number of benzene rings is 1. The van der Waals surface area contributed by atoms with Crippen LogP contribution in [0.3, 0.4) is 0 Å². The molecule has 0 spiro atoms. The summed E-state index contributed by atoms with van der Waals surface area (Å²) in [5.41, 5.74) is 0.502. The fourth-order valence-corrected chi connectivity index (χ4v) is 4.85. The van der Waals surface area contributed by atoms with Crippen molar-refractivity contribution in [3.05, 3.63) is 63.1 Å². The van der Waals surface area contributed by atoms with Gasteiger partial charge in [-0.15, -0.1) is 10.2 Å². The van der Waals surface area contributed by atoms with Crippen LogP contribution in [0.2, 0.25) is 0 Å². The number of ether oxygens (including phenoxy) is 1. The van der Waals surface area contributed by atoms with Crippen LogP contribution in [0.1, 0.15) is 29.4 Å². The Labute approximate surface area is 205 Å². The third-order valence-corrected chi connectivity index (χ3v) is 6.60. The number of methoxy groups -OCH3 is 1. The second-order valence-electron chi connectivity index (χ2n) is 8.76. The maximum absolute atomic E-state index is 14.1. The molecule has 3 heterocycles. The molecule has 35 heavy (non-hydrogen) atoms. The Balaban J connectivity index is 1.64. The fraction of sp³-hybridized carbons (Fsp3) is 0.435. The first-order valence-corrected chi connectivity index (χ1v) is 11.9. The molecule has 0 aliphatic carbocycles. The fourth-order valence-electron chi connectivity index (χ4n) is 3.95. The molecule has 1 atom stereocenters. The summed E-state index contributed by atoms with van der Waals surface area (Å²) < 4.78 is 32.4. The summed E-state index contributed by atoms with van der Waals surface area (Å²) in [7, 11) is 1.55. The van der Waals surface area contributed by atoms with Gasteiger partial charge < -0.3 is 19.8 Å². The van der Waals surface area contributed by atoms with Crippen molar-refractivity contribution in [2.75, 3.05) is 33.5 Å². The molecule has 1 amide bonds. The molecule has 188 valence electrons. The van der Waals surface area contributed by atoms with Crippen LogP contribution >= 0.6 is 11.3 Å². The van der Waals surface area contributed by atoms with Crippen LogP contribution in [0.4, 0.5) is 8.78 Å². The van der Waals surface area contributed by atoms with Gasteiger partial charge >= 0.3 is 0 Å². The minimum Gasteiger partial charge on any atom is -0.507 e. The van der Waals surface area contributed by atoms with E-state index in [2.05, 4.69) is 10.2 Å². The van der Waals surface area contributed by atoms with Crippen molar-refractivity contribution in [1.29, 1.82) is 0 Å². The first-order valence-electron chi connectivity index (χ1n) is 11.1. The number of aromatic nitrogens is 2. The number of amides is 1. The Morgan fingerprint density at radius 1 is 1.29 bits per heavy atom. The van der Waals surface area contributed by atoms with Crippen LogP contribution in [-0.4, -0.2) is 80.8 Å². The molecule has 12 heteroatoms. The van der Waals surface area contributed by atoms with Gasteiger partial charge in [-0.25, -0.2) is 8.78 Å². The molecule has 0 radical (unpaired) electrons. The summed E-state index contributed by atoms with van der Waals surface area (Å²) in [4.78, 5) is 14.7. The average molecular weight is 508 g/mol. The zero-order valence-electron chi connectivity index (χ0n) is 19.6. The molecule has 1 aromatic heterocycles. The van der Waals surface area contributed by atoms with Crippen molar-refractivity contribution in [2.45, 2.75) is 26.4 Å². The lowest BCUT2D eigenvalue weighted by molar-refractivity contribution is -0.148. The first kappa shape index (κ1) is 25.2. The van der Waals surface area contributed by atoms with E-state index in [1.54, 1.807) is 23.2 Å². The highest BCUT2D eigenvalue weighted by Gasteiger charge is 2.42. The van der Waals surface area contributed by atoms with Crippen molar-refractivity contribution in [3.63, 3.8) is 0 Å². The summed E-state index contributed by atoms with van der Waals surface area (Å²) in [5, 5.41) is 34.2. The van der Waals surface area contributed by atoms with Gasteiger partial charge in [0.15, 0.2) is 11.5 Å². The van der Waals surface area contributed by atoms with Gasteiger partial charge in [0.25, 0.3) is 5.91 Å². The van der Waals surface area contributed by atoms with Crippen LogP contribution in [0, 0.1) is 17.6 Å². The maximum atomic E-state index is 14.1. The Hall–Kier alpha value is -2.93. The van der Waals surface area contributed by atoms with Gasteiger partial charge in [-0.3, -0.25) is 9.80 Å². The molecule has 2 aliphatic rings. The van der Waals surface area contributed by atoms with Gasteiger partial charge in [0, 0.05) is 44.5 Å². The number of carbonyl (C=O) groups excluding carboxylic acids is 1. The lowest BCUT2D eigenvalue weighted by atomic mass is 10.0. The minimum atomic E-state index is -1.49. The molecular weight excluding hydrogens is 480 g/mol. The van der Waals surface area contributed by atoms with E-state index in [-0.39, 0.29) is 35.8 Å². The number of aliphatic hydroxyl groups excluding tert-OH is 2. The van der Waals surface area contributed by atoms with Crippen LogP contribution in [0.5, 0.6) is 0 Å². The standard InChI is InChI=1S/C23H27F2N5O4S/c1-13(2)10-29-12-28(6-7-34-3)23(33)19-21(32)20(31)16(11-30(19)29)22-27-26-18(35-22)8-14-4-5-15(24)9-17(14)25/h4-5,9,11,13,20,31-32H,6-8,10,12H2,1-3H3. The zero-order valence-corrected chi connectivity index (χ0v) is 20.4. The highest BCUT2D eigenvalue weighted by molar-refractivity contribution is 7.12. The van der Waals surface area contributed by atoms with Crippen LogP contribution < -0.4 is 0 Å². The number of hydrazine groups is 1. The van der Waals surface area contributed by atoms with Crippen molar-refractivity contribution in [2.24, 2.45) is 5.92 Å².